The van der Waals surface area contributed by atoms with Crippen LogP contribution in [0.2, 0.25) is 0 Å². The predicted molar refractivity (Wildman–Crippen MR) is 84.1 cm³/mol. The van der Waals surface area contributed by atoms with Crippen molar-refractivity contribution in [2.75, 3.05) is 13.6 Å². The molecule has 4 nitrogen and oxygen atoms in total. The highest BCUT2D eigenvalue weighted by molar-refractivity contribution is 5.76. The van der Waals surface area contributed by atoms with E-state index in [4.69, 9.17) is 4.42 Å². The van der Waals surface area contributed by atoms with Crippen LogP contribution in [0.1, 0.15) is 51.2 Å². The van der Waals surface area contributed by atoms with Crippen LogP contribution in [0.25, 0.3) is 0 Å². The van der Waals surface area contributed by atoms with E-state index in [1.54, 1.807) is 6.26 Å². The number of carbonyl (C=O) groups is 1. The Morgan fingerprint density at radius 2 is 2.14 bits per heavy atom. The van der Waals surface area contributed by atoms with Crippen molar-refractivity contribution in [3.63, 3.8) is 0 Å². The summed E-state index contributed by atoms with van der Waals surface area (Å²) in [7, 11) is 1.95. The molecule has 1 aliphatic carbocycles. The van der Waals surface area contributed by atoms with E-state index in [2.05, 4.69) is 12.2 Å². The smallest absolute Gasteiger partial charge is 0.223 e. The van der Waals surface area contributed by atoms with E-state index in [0.29, 0.717) is 24.9 Å². The summed E-state index contributed by atoms with van der Waals surface area (Å²) in [6.07, 6.45) is 8.68. The largest absolute Gasteiger partial charge is 0.469 e. The fourth-order valence-electron chi connectivity index (χ4n) is 3.08. The molecule has 0 atom stereocenters. The van der Waals surface area contributed by atoms with Crippen molar-refractivity contribution in [2.45, 2.75) is 64.0 Å². The molecule has 0 aliphatic heterocycles. The average Bonchev–Trinajstić information content (AvgIpc) is 3.04. The molecule has 1 fully saturated rings. The van der Waals surface area contributed by atoms with Gasteiger partial charge in [0, 0.05) is 32.0 Å². The fraction of sp³-hybridized carbons (Fsp3) is 0.706. The topological polar surface area (TPSA) is 45.5 Å². The zero-order valence-electron chi connectivity index (χ0n) is 13.3. The van der Waals surface area contributed by atoms with Crippen LogP contribution < -0.4 is 5.32 Å². The van der Waals surface area contributed by atoms with Crippen LogP contribution in [0.5, 0.6) is 0 Å². The first-order valence-corrected chi connectivity index (χ1v) is 8.22. The van der Waals surface area contributed by atoms with Crippen LogP contribution in [0, 0.1) is 0 Å². The number of hydrogen-bond acceptors (Lipinski definition) is 3. The molecule has 1 amide bonds. The van der Waals surface area contributed by atoms with Gasteiger partial charge in [0.2, 0.25) is 5.91 Å². The molecule has 1 saturated carbocycles. The maximum absolute atomic E-state index is 12.3. The third-order valence-corrected chi connectivity index (χ3v) is 4.49. The van der Waals surface area contributed by atoms with Gasteiger partial charge in [-0.2, -0.15) is 0 Å². The van der Waals surface area contributed by atoms with Crippen LogP contribution in [-0.4, -0.2) is 36.5 Å². The summed E-state index contributed by atoms with van der Waals surface area (Å²) in [4.78, 5) is 14.2. The molecule has 118 valence electrons. The molecular formula is C17H28N2O2. The molecule has 1 N–H and O–H groups in total. The monoisotopic (exact) mass is 292 g/mol. The summed E-state index contributed by atoms with van der Waals surface area (Å²) in [5.41, 5.74) is 0. The van der Waals surface area contributed by atoms with E-state index in [9.17, 15) is 4.79 Å². The second kappa shape index (κ2) is 8.23. The molecular weight excluding hydrogens is 264 g/mol. The number of nitrogens with one attached hydrogen (secondary N) is 1. The Morgan fingerprint density at radius 1 is 1.38 bits per heavy atom. The summed E-state index contributed by atoms with van der Waals surface area (Å²) in [5.74, 6) is 1.13. The van der Waals surface area contributed by atoms with Crippen LogP contribution in [0.15, 0.2) is 22.8 Å². The van der Waals surface area contributed by atoms with Gasteiger partial charge in [0.15, 0.2) is 0 Å². The van der Waals surface area contributed by atoms with Crippen molar-refractivity contribution < 1.29 is 9.21 Å². The van der Waals surface area contributed by atoms with Crippen LogP contribution in [0.3, 0.4) is 0 Å². The summed E-state index contributed by atoms with van der Waals surface area (Å²) in [5, 5.41) is 3.59. The number of carbonyl (C=O) groups excluding carboxylic acids is 1. The number of furan rings is 1. The normalized spacial score (nSPS) is 22.2. The molecule has 1 aliphatic rings. The Balaban J connectivity index is 1.70. The first kappa shape index (κ1) is 16.1. The molecule has 1 aromatic heterocycles. The molecule has 0 unspecified atom stereocenters. The number of aryl methyl sites for hydroxylation is 1. The van der Waals surface area contributed by atoms with Crippen molar-refractivity contribution in [2.24, 2.45) is 0 Å². The maximum atomic E-state index is 12.3. The molecule has 21 heavy (non-hydrogen) atoms. The Kier molecular flexibility index (Phi) is 6.30. The second-order valence-corrected chi connectivity index (χ2v) is 6.04. The molecule has 0 aromatic carbocycles. The third-order valence-electron chi connectivity index (χ3n) is 4.49. The lowest BCUT2D eigenvalue weighted by atomic mass is 9.90. The van der Waals surface area contributed by atoms with Gasteiger partial charge in [-0.3, -0.25) is 4.79 Å². The molecule has 0 radical (unpaired) electrons. The van der Waals surface area contributed by atoms with Gasteiger partial charge in [-0.15, -0.1) is 0 Å². The Hall–Kier alpha value is -1.29. The third kappa shape index (κ3) is 4.88. The lowest BCUT2D eigenvalue weighted by Gasteiger charge is -2.35. The minimum Gasteiger partial charge on any atom is -0.469 e. The second-order valence-electron chi connectivity index (χ2n) is 6.04. The van der Waals surface area contributed by atoms with Gasteiger partial charge < -0.3 is 14.6 Å². The standard InChI is InChI=1S/C17H28N2O2/c1-3-12-18-14-6-8-15(9-7-14)19(2)17(20)11-10-16-5-4-13-21-16/h4-5,13-15,18H,3,6-12H2,1-2H3. The van der Waals surface area contributed by atoms with Crippen LogP contribution in [0.4, 0.5) is 0 Å². The minimum absolute atomic E-state index is 0.233. The number of hydrogen-bond donors (Lipinski definition) is 1. The molecule has 4 heteroatoms. The van der Waals surface area contributed by atoms with E-state index in [-0.39, 0.29) is 5.91 Å². The predicted octanol–water partition coefficient (Wildman–Crippen LogP) is 2.98. The number of rotatable bonds is 7. The Bertz CT molecular complexity index is 408. The molecule has 2 rings (SSSR count). The Labute approximate surface area is 127 Å². The molecule has 0 spiro atoms. The summed E-state index contributed by atoms with van der Waals surface area (Å²) < 4.78 is 5.28. The van der Waals surface area contributed by atoms with Gasteiger partial charge in [0.05, 0.1) is 6.26 Å². The lowest BCUT2D eigenvalue weighted by Crippen LogP contribution is -2.43. The first-order chi connectivity index (χ1) is 10.2. The maximum Gasteiger partial charge on any atom is 0.223 e. The molecule has 0 bridgehead atoms. The molecule has 0 saturated heterocycles. The summed E-state index contributed by atoms with van der Waals surface area (Å²) >= 11 is 0. The average molecular weight is 292 g/mol. The highest BCUT2D eigenvalue weighted by Crippen LogP contribution is 2.23. The minimum atomic E-state index is 0.233. The first-order valence-electron chi connectivity index (χ1n) is 8.22. The van der Waals surface area contributed by atoms with Crippen LogP contribution in [-0.2, 0) is 11.2 Å². The van der Waals surface area contributed by atoms with Gasteiger partial charge in [0.1, 0.15) is 5.76 Å². The van der Waals surface area contributed by atoms with E-state index in [0.717, 1.165) is 25.1 Å². The zero-order valence-corrected chi connectivity index (χ0v) is 13.3. The Morgan fingerprint density at radius 3 is 2.76 bits per heavy atom. The van der Waals surface area contributed by atoms with Gasteiger partial charge in [-0.05, 0) is 50.8 Å². The van der Waals surface area contributed by atoms with E-state index < -0.39 is 0 Å². The van der Waals surface area contributed by atoms with Crippen LogP contribution >= 0.6 is 0 Å². The summed E-state index contributed by atoms with van der Waals surface area (Å²) in [6.45, 7) is 3.30. The summed E-state index contributed by atoms with van der Waals surface area (Å²) in [6, 6.07) is 4.85. The number of nitrogens with zero attached hydrogens (tertiary/aromatic N) is 1. The van der Waals surface area contributed by atoms with Gasteiger partial charge >= 0.3 is 0 Å². The van der Waals surface area contributed by atoms with Gasteiger partial charge in [0.25, 0.3) is 0 Å². The van der Waals surface area contributed by atoms with Crippen molar-refractivity contribution in [3.8, 4) is 0 Å². The van der Waals surface area contributed by atoms with Crippen molar-refractivity contribution in [1.29, 1.82) is 0 Å². The lowest BCUT2D eigenvalue weighted by molar-refractivity contribution is -0.132. The van der Waals surface area contributed by atoms with Gasteiger partial charge in [-0.25, -0.2) is 0 Å². The quantitative estimate of drug-likeness (QED) is 0.840. The highest BCUT2D eigenvalue weighted by atomic mass is 16.3. The zero-order chi connectivity index (χ0) is 15.1. The van der Waals surface area contributed by atoms with E-state index >= 15 is 0 Å². The van der Waals surface area contributed by atoms with Gasteiger partial charge in [-0.1, -0.05) is 6.92 Å². The fourth-order valence-corrected chi connectivity index (χ4v) is 3.08. The number of amides is 1. The SMILES string of the molecule is CCCNC1CCC(N(C)C(=O)CCc2ccco2)CC1. The van der Waals surface area contributed by atoms with Crippen molar-refractivity contribution in [3.05, 3.63) is 24.2 Å². The van der Waals surface area contributed by atoms with E-state index in [1.807, 2.05) is 24.1 Å². The van der Waals surface area contributed by atoms with E-state index in [1.165, 1.54) is 19.3 Å². The molecule has 1 aromatic rings. The van der Waals surface area contributed by atoms with Crippen molar-refractivity contribution >= 4 is 5.91 Å². The highest BCUT2D eigenvalue weighted by Gasteiger charge is 2.26. The van der Waals surface area contributed by atoms with Crippen molar-refractivity contribution in [1.82, 2.24) is 10.2 Å². The molecule has 1 heterocycles.